The Kier molecular flexibility index (Phi) is 3.78. The van der Waals surface area contributed by atoms with Gasteiger partial charge in [0.25, 0.3) is 0 Å². The lowest BCUT2D eigenvalue weighted by molar-refractivity contribution is -0.0536. The fourth-order valence-electron chi connectivity index (χ4n) is 2.38. The Balaban J connectivity index is 2.27. The molecule has 3 rings (SSSR count). The van der Waals surface area contributed by atoms with Crippen molar-refractivity contribution >= 4 is 11.7 Å². The summed E-state index contributed by atoms with van der Waals surface area (Å²) in [6.07, 6.45) is -4.46. The van der Waals surface area contributed by atoms with E-state index in [1.165, 1.54) is 0 Å². The Hall–Kier alpha value is -2.45. The molecule has 0 aliphatic carbocycles. The minimum atomic E-state index is -1.53. The van der Waals surface area contributed by atoms with E-state index in [1.807, 2.05) is 0 Å². The number of rotatable bonds is 3. The molecule has 13 nitrogen and oxygen atoms in total. The van der Waals surface area contributed by atoms with Gasteiger partial charge < -0.3 is 20.1 Å². The normalized spacial score (nSPS) is 27.5. The molecule has 1 fully saturated rings. The summed E-state index contributed by atoms with van der Waals surface area (Å²) >= 11 is 0. The predicted octanol–water partition coefficient (Wildman–Crippen LogP) is -3.82. The van der Waals surface area contributed by atoms with Crippen LogP contribution in [0.2, 0.25) is 0 Å². The van der Waals surface area contributed by atoms with Crippen LogP contribution >= 0.6 is 0 Å². The van der Waals surface area contributed by atoms with E-state index in [1.54, 1.807) is 5.48 Å². The second kappa shape index (κ2) is 5.64. The third-order valence-electron chi connectivity index (χ3n) is 3.47. The molecule has 2 aromatic rings. The number of nitrogens with one attached hydrogen (secondary N) is 2. The van der Waals surface area contributed by atoms with Crippen LogP contribution in [0.15, 0.2) is 11.1 Å². The van der Waals surface area contributed by atoms with Crippen molar-refractivity contribution in [2.75, 3.05) is 12.1 Å². The first-order chi connectivity index (χ1) is 11.0. The van der Waals surface area contributed by atoms with E-state index < -0.39 is 48.4 Å². The van der Waals surface area contributed by atoms with Crippen LogP contribution in [-0.4, -0.2) is 69.4 Å². The smallest absolute Gasteiger partial charge is 0.355 e. The Morgan fingerprint density at radius 3 is 2.70 bits per heavy atom. The molecule has 0 aromatic carbocycles. The third kappa shape index (κ3) is 2.27. The molecule has 6 N–H and O–H groups in total. The Morgan fingerprint density at radius 1 is 1.35 bits per heavy atom. The first-order valence-electron chi connectivity index (χ1n) is 6.43. The molecule has 4 unspecified atom stereocenters. The lowest BCUT2D eigenvalue weighted by Crippen LogP contribution is -2.39. The van der Waals surface area contributed by atoms with Gasteiger partial charge in [0.15, 0.2) is 6.23 Å². The van der Waals surface area contributed by atoms with E-state index in [0.717, 1.165) is 15.3 Å². The number of aromatic nitrogens is 5. The van der Waals surface area contributed by atoms with E-state index in [0.29, 0.717) is 0 Å². The second-order valence-corrected chi connectivity index (χ2v) is 4.76. The van der Waals surface area contributed by atoms with Gasteiger partial charge in [0.2, 0.25) is 17.3 Å². The van der Waals surface area contributed by atoms with Gasteiger partial charge in [-0.25, -0.2) is 29.2 Å². The first kappa shape index (κ1) is 15.4. The molecule has 0 bridgehead atoms. The van der Waals surface area contributed by atoms with Crippen molar-refractivity contribution in [3.05, 3.63) is 22.4 Å². The quantitative estimate of drug-likeness (QED) is 0.304. The maximum atomic E-state index is 12.2. The second-order valence-electron chi connectivity index (χ2n) is 4.76. The van der Waals surface area contributed by atoms with E-state index in [2.05, 4.69) is 15.0 Å². The number of aliphatic hydroxyl groups is 3. The SMILES string of the molecule is N=c1ncnc2n(C3OC(CO)C(O)C3O)c(=O)nc(NO)n12. The fraction of sp³-hybridized carbons (Fsp3) is 0.500. The van der Waals surface area contributed by atoms with Crippen LogP contribution in [0.3, 0.4) is 0 Å². The van der Waals surface area contributed by atoms with Gasteiger partial charge in [-0.05, 0) is 0 Å². The number of fused-ring (bicyclic) bond motifs is 1. The highest BCUT2D eigenvalue weighted by atomic mass is 16.6. The van der Waals surface area contributed by atoms with E-state index in [4.69, 9.17) is 20.5 Å². The Labute approximate surface area is 126 Å². The average Bonchev–Trinajstić information content (AvgIpc) is 2.82. The monoisotopic (exact) mass is 327 g/mol. The highest BCUT2D eigenvalue weighted by Crippen LogP contribution is 2.28. The van der Waals surface area contributed by atoms with Crippen molar-refractivity contribution in [1.82, 2.24) is 23.9 Å². The fourth-order valence-corrected chi connectivity index (χ4v) is 2.38. The standard InChI is InChI=1S/C10H13N7O6/c11-7-12-2-13-9-16(10(21)14-8(15-22)17(7)9)6-5(20)4(19)3(1-18)23-6/h2-6,11,18-20,22H,1H2,(H,14,15,21). The Morgan fingerprint density at radius 2 is 2.09 bits per heavy atom. The molecule has 1 aliphatic rings. The number of hydrogen-bond donors (Lipinski definition) is 6. The molecule has 1 saturated heterocycles. The van der Waals surface area contributed by atoms with Crippen LogP contribution in [-0.2, 0) is 4.74 Å². The number of ether oxygens (including phenoxy) is 1. The van der Waals surface area contributed by atoms with Gasteiger partial charge in [-0.2, -0.15) is 4.98 Å². The van der Waals surface area contributed by atoms with Gasteiger partial charge in [-0.1, -0.05) is 0 Å². The van der Waals surface area contributed by atoms with Gasteiger partial charge in [0.05, 0.1) is 6.61 Å². The maximum Gasteiger partial charge on any atom is 0.355 e. The van der Waals surface area contributed by atoms with Crippen molar-refractivity contribution < 1.29 is 25.3 Å². The average molecular weight is 327 g/mol. The van der Waals surface area contributed by atoms with E-state index >= 15 is 0 Å². The molecule has 0 spiro atoms. The van der Waals surface area contributed by atoms with Gasteiger partial charge in [0.1, 0.15) is 24.6 Å². The van der Waals surface area contributed by atoms with Crippen molar-refractivity contribution in [1.29, 1.82) is 5.41 Å². The molecular formula is C10H13N7O6. The summed E-state index contributed by atoms with van der Waals surface area (Å²) in [4.78, 5) is 23.1. The van der Waals surface area contributed by atoms with Crippen LogP contribution < -0.4 is 16.8 Å². The summed E-state index contributed by atoms with van der Waals surface area (Å²) in [5.41, 5.74) is 0.289. The first-order valence-corrected chi connectivity index (χ1v) is 6.43. The van der Waals surface area contributed by atoms with Crippen LogP contribution in [0.4, 0.5) is 5.95 Å². The van der Waals surface area contributed by atoms with Crippen molar-refractivity contribution in [2.24, 2.45) is 0 Å². The van der Waals surface area contributed by atoms with E-state index in [-0.39, 0.29) is 5.78 Å². The number of nitrogens with zero attached hydrogens (tertiary/aromatic N) is 5. The summed E-state index contributed by atoms with van der Waals surface area (Å²) in [5, 5.41) is 45.8. The minimum absolute atomic E-state index is 0.212. The molecule has 124 valence electrons. The van der Waals surface area contributed by atoms with E-state index in [9.17, 15) is 15.0 Å². The number of anilines is 1. The summed E-state index contributed by atoms with van der Waals surface area (Å²) < 4.78 is 6.97. The summed E-state index contributed by atoms with van der Waals surface area (Å²) in [6.45, 7) is -0.572. The zero-order chi connectivity index (χ0) is 16.7. The minimum Gasteiger partial charge on any atom is -0.394 e. The van der Waals surface area contributed by atoms with Crippen LogP contribution in [0, 0.1) is 5.41 Å². The molecule has 1 aliphatic heterocycles. The molecule has 0 saturated carbocycles. The topological polar surface area (TPSA) is 191 Å². The van der Waals surface area contributed by atoms with Gasteiger partial charge in [-0.3, -0.25) is 10.6 Å². The number of aliphatic hydroxyl groups excluding tert-OH is 3. The van der Waals surface area contributed by atoms with Crippen LogP contribution in [0.5, 0.6) is 0 Å². The summed E-state index contributed by atoms with van der Waals surface area (Å²) in [7, 11) is 0. The van der Waals surface area contributed by atoms with Crippen LogP contribution in [0.25, 0.3) is 5.78 Å². The van der Waals surface area contributed by atoms with Gasteiger partial charge in [0, 0.05) is 0 Å². The lowest BCUT2D eigenvalue weighted by Gasteiger charge is -2.19. The molecular weight excluding hydrogens is 314 g/mol. The molecule has 13 heteroatoms. The Bertz CT molecular complexity index is 850. The lowest BCUT2D eigenvalue weighted by atomic mass is 10.1. The molecule has 0 radical (unpaired) electrons. The van der Waals surface area contributed by atoms with Crippen molar-refractivity contribution in [2.45, 2.75) is 24.5 Å². The van der Waals surface area contributed by atoms with Crippen LogP contribution in [0.1, 0.15) is 6.23 Å². The highest BCUT2D eigenvalue weighted by molar-refractivity contribution is 5.36. The zero-order valence-electron chi connectivity index (χ0n) is 11.4. The molecule has 2 aromatic heterocycles. The third-order valence-corrected chi connectivity index (χ3v) is 3.47. The summed E-state index contributed by atoms with van der Waals surface area (Å²) in [5.74, 6) is -0.616. The molecule has 23 heavy (non-hydrogen) atoms. The maximum absolute atomic E-state index is 12.2. The van der Waals surface area contributed by atoms with Crippen molar-refractivity contribution in [3.63, 3.8) is 0 Å². The van der Waals surface area contributed by atoms with Gasteiger partial charge >= 0.3 is 5.69 Å². The van der Waals surface area contributed by atoms with Gasteiger partial charge in [-0.15, -0.1) is 0 Å². The van der Waals surface area contributed by atoms with Crippen molar-refractivity contribution in [3.8, 4) is 0 Å². The molecule has 0 amide bonds. The predicted molar refractivity (Wildman–Crippen MR) is 69.3 cm³/mol. The zero-order valence-corrected chi connectivity index (χ0v) is 11.4. The highest BCUT2D eigenvalue weighted by Gasteiger charge is 2.44. The molecule has 4 atom stereocenters. The molecule has 3 heterocycles. The largest absolute Gasteiger partial charge is 0.394 e. The number of hydrogen-bond acceptors (Lipinski definition) is 11. The summed E-state index contributed by atoms with van der Waals surface area (Å²) in [6, 6.07) is 0.